The first-order chi connectivity index (χ1) is 13.6. The van der Waals surface area contributed by atoms with Gasteiger partial charge in [-0.25, -0.2) is 4.79 Å². The van der Waals surface area contributed by atoms with Crippen LogP contribution in [0.5, 0.6) is 5.75 Å². The fraction of sp³-hybridized carbons (Fsp3) is 0.364. The largest absolute Gasteiger partial charge is 0.496 e. The number of amides is 1. The number of benzene rings is 2. The van der Waals surface area contributed by atoms with Crippen molar-refractivity contribution in [3.63, 3.8) is 0 Å². The monoisotopic (exact) mass is 382 g/mol. The van der Waals surface area contributed by atoms with Crippen molar-refractivity contribution in [2.75, 3.05) is 30.4 Å². The molecule has 0 aliphatic carbocycles. The number of methoxy groups -OCH3 is 1. The Kier molecular flexibility index (Phi) is 6.53. The molecule has 0 bridgehead atoms. The Morgan fingerprint density at radius 1 is 1.00 bits per heavy atom. The molecule has 6 nitrogen and oxygen atoms in total. The van der Waals surface area contributed by atoms with Crippen LogP contribution >= 0.6 is 0 Å². The van der Waals surface area contributed by atoms with Crippen molar-refractivity contribution in [3.8, 4) is 5.75 Å². The lowest BCUT2D eigenvalue weighted by molar-refractivity contribution is -0.123. The summed E-state index contributed by atoms with van der Waals surface area (Å²) in [6, 6.07) is 14.5. The van der Waals surface area contributed by atoms with E-state index in [1.165, 1.54) is 26.4 Å². The van der Waals surface area contributed by atoms with Crippen molar-refractivity contribution in [2.24, 2.45) is 0 Å². The number of nitrogens with zero attached hydrogens (tertiary/aromatic N) is 1. The summed E-state index contributed by atoms with van der Waals surface area (Å²) in [5.41, 5.74) is 2.12. The molecule has 0 saturated carbocycles. The van der Waals surface area contributed by atoms with Gasteiger partial charge in [-0.2, -0.15) is 0 Å². The lowest BCUT2D eigenvalue weighted by Crippen LogP contribution is -2.30. The van der Waals surface area contributed by atoms with E-state index in [2.05, 4.69) is 10.2 Å². The molecule has 1 saturated heterocycles. The minimum atomic E-state index is -0.931. The fourth-order valence-corrected chi connectivity index (χ4v) is 3.24. The van der Waals surface area contributed by atoms with E-state index in [-0.39, 0.29) is 11.5 Å². The average molecular weight is 382 g/mol. The van der Waals surface area contributed by atoms with E-state index in [0.717, 1.165) is 18.8 Å². The molecule has 1 aliphatic heterocycles. The summed E-state index contributed by atoms with van der Waals surface area (Å²) >= 11 is 0. The molecule has 6 heteroatoms. The second kappa shape index (κ2) is 9.26. The topological polar surface area (TPSA) is 67.9 Å². The molecule has 0 radical (unpaired) electrons. The van der Waals surface area contributed by atoms with Gasteiger partial charge < -0.3 is 19.7 Å². The summed E-state index contributed by atoms with van der Waals surface area (Å²) in [6.45, 7) is 3.69. The minimum absolute atomic E-state index is 0.288. The van der Waals surface area contributed by atoms with Crippen LogP contribution in [0.3, 0.4) is 0 Å². The molecule has 1 fully saturated rings. The molecule has 2 aromatic rings. The molecule has 1 aliphatic rings. The molecular weight excluding hydrogens is 356 g/mol. The quantitative estimate of drug-likeness (QED) is 0.768. The van der Waals surface area contributed by atoms with Crippen molar-refractivity contribution < 1.29 is 19.1 Å². The molecule has 3 rings (SSSR count). The number of rotatable bonds is 6. The lowest BCUT2D eigenvalue weighted by atomic mass is 10.1. The standard InChI is InChI=1S/C22H26N2O4/c1-16(28-22(26)19-8-4-5-9-20(19)27-2)21(25)23-17-10-12-18(13-11-17)24-14-6-3-7-15-24/h4-5,8-13,16H,3,6-7,14-15H2,1-2H3,(H,23,25)/t16-/m1/s1. The third kappa shape index (κ3) is 4.82. The smallest absolute Gasteiger partial charge is 0.342 e. The summed E-state index contributed by atoms with van der Waals surface area (Å²) < 4.78 is 10.5. The van der Waals surface area contributed by atoms with Crippen LogP contribution in [0.4, 0.5) is 11.4 Å². The maximum atomic E-state index is 12.4. The second-order valence-corrected chi connectivity index (χ2v) is 6.83. The molecule has 28 heavy (non-hydrogen) atoms. The molecule has 1 amide bonds. The van der Waals surface area contributed by atoms with Gasteiger partial charge in [0.05, 0.1) is 7.11 Å². The number of carbonyl (C=O) groups excluding carboxylic acids is 2. The molecule has 0 spiro atoms. The van der Waals surface area contributed by atoms with Gasteiger partial charge in [0.1, 0.15) is 11.3 Å². The normalized spacial score (nSPS) is 14.9. The SMILES string of the molecule is COc1ccccc1C(=O)O[C@H](C)C(=O)Nc1ccc(N2CCCCC2)cc1. The Hall–Kier alpha value is -3.02. The highest BCUT2D eigenvalue weighted by molar-refractivity contribution is 5.98. The predicted molar refractivity (Wildman–Crippen MR) is 109 cm³/mol. The van der Waals surface area contributed by atoms with Gasteiger partial charge in [-0.05, 0) is 62.6 Å². The first-order valence-corrected chi connectivity index (χ1v) is 9.58. The Morgan fingerprint density at radius 3 is 2.36 bits per heavy atom. The number of ether oxygens (including phenoxy) is 2. The summed E-state index contributed by atoms with van der Waals surface area (Å²) in [6.07, 6.45) is 2.79. The molecule has 148 valence electrons. The third-order valence-corrected chi connectivity index (χ3v) is 4.84. The third-order valence-electron chi connectivity index (χ3n) is 4.84. The Morgan fingerprint density at radius 2 is 1.68 bits per heavy atom. The van der Waals surface area contributed by atoms with E-state index in [9.17, 15) is 9.59 Å². The number of hydrogen-bond donors (Lipinski definition) is 1. The van der Waals surface area contributed by atoms with E-state index in [0.29, 0.717) is 11.4 Å². The van der Waals surface area contributed by atoms with E-state index in [1.807, 2.05) is 24.3 Å². The van der Waals surface area contributed by atoms with Crippen LogP contribution in [0.15, 0.2) is 48.5 Å². The van der Waals surface area contributed by atoms with Gasteiger partial charge in [0.15, 0.2) is 6.10 Å². The van der Waals surface area contributed by atoms with Crippen molar-refractivity contribution in [1.29, 1.82) is 0 Å². The average Bonchev–Trinajstić information content (AvgIpc) is 2.74. The lowest BCUT2D eigenvalue weighted by Gasteiger charge is -2.28. The summed E-state index contributed by atoms with van der Waals surface area (Å²) in [7, 11) is 1.48. The maximum absolute atomic E-state index is 12.4. The molecule has 1 atom stereocenters. The summed E-state index contributed by atoms with van der Waals surface area (Å²) in [5, 5.41) is 2.79. The first kappa shape index (κ1) is 19.7. The van der Waals surface area contributed by atoms with Crippen LogP contribution in [0, 0.1) is 0 Å². The van der Waals surface area contributed by atoms with E-state index >= 15 is 0 Å². The van der Waals surface area contributed by atoms with Gasteiger partial charge in [-0.15, -0.1) is 0 Å². The summed E-state index contributed by atoms with van der Waals surface area (Å²) in [5.74, 6) is -0.567. The van der Waals surface area contributed by atoms with Crippen molar-refractivity contribution >= 4 is 23.3 Å². The van der Waals surface area contributed by atoms with Gasteiger partial charge >= 0.3 is 5.97 Å². The molecule has 1 heterocycles. The number of anilines is 2. The zero-order valence-electron chi connectivity index (χ0n) is 16.3. The minimum Gasteiger partial charge on any atom is -0.496 e. The van der Waals surface area contributed by atoms with Crippen molar-refractivity contribution in [2.45, 2.75) is 32.3 Å². The van der Waals surface area contributed by atoms with Crippen molar-refractivity contribution in [1.82, 2.24) is 0 Å². The first-order valence-electron chi connectivity index (χ1n) is 9.58. The van der Waals surface area contributed by atoms with Gasteiger partial charge in [0.2, 0.25) is 0 Å². The molecular formula is C22H26N2O4. The predicted octanol–water partition coefficient (Wildman–Crippen LogP) is 3.87. The molecule has 2 aromatic carbocycles. The van der Waals surface area contributed by atoms with Crippen LogP contribution in [0.1, 0.15) is 36.5 Å². The zero-order chi connectivity index (χ0) is 19.9. The number of esters is 1. The molecule has 0 unspecified atom stereocenters. The van der Waals surface area contributed by atoms with Crippen LogP contribution < -0.4 is 15.0 Å². The van der Waals surface area contributed by atoms with Crippen LogP contribution in [-0.2, 0) is 9.53 Å². The highest BCUT2D eigenvalue weighted by atomic mass is 16.5. The van der Waals surface area contributed by atoms with E-state index in [4.69, 9.17) is 9.47 Å². The maximum Gasteiger partial charge on any atom is 0.342 e. The van der Waals surface area contributed by atoms with Gasteiger partial charge in [0, 0.05) is 24.5 Å². The van der Waals surface area contributed by atoms with E-state index in [1.54, 1.807) is 31.2 Å². The number of carbonyl (C=O) groups is 2. The van der Waals surface area contributed by atoms with Gasteiger partial charge in [-0.1, -0.05) is 12.1 Å². The highest BCUT2D eigenvalue weighted by Crippen LogP contribution is 2.22. The Bertz CT molecular complexity index is 814. The van der Waals surface area contributed by atoms with Crippen LogP contribution in [-0.4, -0.2) is 38.2 Å². The summed E-state index contributed by atoms with van der Waals surface area (Å²) in [4.78, 5) is 27.1. The highest BCUT2D eigenvalue weighted by Gasteiger charge is 2.21. The number of hydrogen-bond acceptors (Lipinski definition) is 5. The van der Waals surface area contributed by atoms with Gasteiger partial charge in [0.25, 0.3) is 5.91 Å². The Balaban J connectivity index is 1.57. The van der Waals surface area contributed by atoms with Crippen LogP contribution in [0.25, 0.3) is 0 Å². The number of nitrogens with one attached hydrogen (secondary N) is 1. The van der Waals surface area contributed by atoms with Crippen LogP contribution in [0.2, 0.25) is 0 Å². The van der Waals surface area contributed by atoms with Crippen molar-refractivity contribution in [3.05, 3.63) is 54.1 Å². The molecule has 1 N–H and O–H groups in total. The van der Waals surface area contributed by atoms with Gasteiger partial charge in [-0.3, -0.25) is 4.79 Å². The van der Waals surface area contributed by atoms with E-state index < -0.39 is 12.1 Å². The Labute approximate surface area is 165 Å². The number of para-hydroxylation sites is 1. The fourth-order valence-electron chi connectivity index (χ4n) is 3.24. The second-order valence-electron chi connectivity index (χ2n) is 6.83. The number of piperidine rings is 1. The molecule has 0 aromatic heterocycles. The zero-order valence-corrected chi connectivity index (χ0v) is 16.3.